The van der Waals surface area contributed by atoms with Crippen LogP contribution in [0.5, 0.6) is 0 Å². The minimum Gasteiger partial charge on any atom is -0.466 e. The van der Waals surface area contributed by atoms with Crippen molar-refractivity contribution < 1.29 is 9.53 Å². The summed E-state index contributed by atoms with van der Waals surface area (Å²) in [6.07, 6.45) is 2.52. The summed E-state index contributed by atoms with van der Waals surface area (Å²) in [4.78, 5) is 10.8. The Morgan fingerprint density at radius 2 is 2.18 bits per heavy atom. The molecule has 0 heterocycles. The van der Waals surface area contributed by atoms with Gasteiger partial charge >= 0.3 is 5.97 Å². The van der Waals surface area contributed by atoms with Gasteiger partial charge in [0.1, 0.15) is 0 Å². The molecule has 0 aromatic rings. The predicted molar refractivity (Wildman–Crippen MR) is 44.1 cm³/mol. The monoisotopic (exact) mass is 157 g/mol. The van der Waals surface area contributed by atoms with Crippen LogP contribution in [0.1, 0.15) is 19.3 Å². The lowest BCUT2D eigenvalue weighted by molar-refractivity contribution is -0.136. The van der Waals surface area contributed by atoms with Gasteiger partial charge in [-0.3, -0.25) is 0 Å². The Hall–Kier alpha value is -0.830. The SMILES string of the molecule is C=C(CCCCN)C(=O)OC. The number of ether oxygens (including phenoxy) is 1. The van der Waals surface area contributed by atoms with Crippen LogP contribution >= 0.6 is 0 Å². The average Bonchev–Trinajstić information content (AvgIpc) is 2.03. The fourth-order valence-corrected chi connectivity index (χ4v) is 0.729. The molecule has 0 atom stereocenters. The second-order valence-corrected chi connectivity index (χ2v) is 2.34. The molecule has 0 aliphatic heterocycles. The quantitative estimate of drug-likeness (QED) is 0.365. The maximum absolute atomic E-state index is 10.8. The number of nitrogens with two attached hydrogens (primary N) is 1. The summed E-state index contributed by atoms with van der Waals surface area (Å²) < 4.78 is 4.47. The van der Waals surface area contributed by atoms with Crippen LogP contribution in [0.2, 0.25) is 0 Å². The summed E-state index contributed by atoms with van der Waals surface area (Å²) in [5.74, 6) is -0.318. The average molecular weight is 157 g/mol. The normalized spacial score (nSPS) is 9.27. The summed E-state index contributed by atoms with van der Waals surface area (Å²) in [7, 11) is 1.36. The van der Waals surface area contributed by atoms with Crippen molar-refractivity contribution in [2.24, 2.45) is 5.73 Å². The van der Waals surface area contributed by atoms with Crippen molar-refractivity contribution in [1.29, 1.82) is 0 Å². The van der Waals surface area contributed by atoms with E-state index < -0.39 is 0 Å². The Bertz CT molecular complexity index is 143. The number of hydrogen-bond acceptors (Lipinski definition) is 3. The van der Waals surface area contributed by atoms with Gasteiger partial charge < -0.3 is 10.5 Å². The Labute approximate surface area is 67.2 Å². The van der Waals surface area contributed by atoms with E-state index in [1.807, 2.05) is 0 Å². The summed E-state index contributed by atoms with van der Waals surface area (Å²) in [5, 5.41) is 0. The van der Waals surface area contributed by atoms with Crippen LogP contribution < -0.4 is 5.73 Å². The third-order valence-corrected chi connectivity index (χ3v) is 1.41. The second-order valence-electron chi connectivity index (χ2n) is 2.34. The number of hydrogen-bond donors (Lipinski definition) is 1. The molecule has 3 nitrogen and oxygen atoms in total. The van der Waals surface area contributed by atoms with Crippen molar-refractivity contribution in [3.63, 3.8) is 0 Å². The number of rotatable bonds is 5. The minimum absolute atomic E-state index is 0.318. The number of esters is 1. The molecule has 0 aromatic carbocycles. The lowest BCUT2D eigenvalue weighted by Crippen LogP contribution is -2.04. The fourth-order valence-electron chi connectivity index (χ4n) is 0.729. The standard InChI is InChI=1S/C8H15NO2/c1-7(8(10)11-2)5-3-4-6-9/h1,3-6,9H2,2H3. The van der Waals surface area contributed by atoms with Gasteiger partial charge in [0.05, 0.1) is 7.11 Å². The first-order chi connectivity index (χ1) is 5.22. The highest BCUT2D eigenvalue weighted by Crippen LogP contribution is 2.05. The maximum Gasteiger partial charge on any atom is 0.333 e. The van der Waals surface area contributed by atoms with Gasteiger partial charge in [-0.1, -0.05) is 6.58 Å². The van der Waals surface area contributed by atoms with Crippen LogP contribution in [0.25, 0.3) is 0 Å². The first kappa shape index (κ1) is 10.2. The van der Waals surface area contributed by atoms with Crippen molar-refractivity contribution in [3.8, 4) is 0 Å². The zero-order valence-electron chi connectivity index (χ0n) is 6.93. The van der Waals surface area contributed by atoms with Gasteiger partial charge in [0.2, 0.25) is 0 Å². The summed E-state index contributed by atoms with van der Waals surface area (Å²) >= 11 is 0. The highest BCUT2D eigenvalue weighted by molar-refractivity contribution is 5.87. The van der Waals surface area contributed by atoms with E-state index in [2.05, 4.69) is 11.3 Å². The van der Waals surface area contributed by atoms with Crippen molar-refractivity contribution in [2.45, 2.75) is 19.3 Å². The van der Waals surface area contributed by atoms with E-state index >= 15 is 0 Å². The third kappa shape index (κ3) is 4.56. The Morgan fingerprint density at radius 1 is 1.55 bits per heavy atom. The zero-order valence-corrected chi connectivity index (χ0v) is 6.93. The predicted octanol–water partition coefficient (Wildman–Crippen LogP) is 0.845. The van der Waals surface area contributed by atoms with Crippen LogP contribution in [0.15, 0.2) is 12.2 Å². The van der Waals surface area contributed by atoms with E-state index in [0.717, 1.165) is 12.8 Å². The molecule has 0 radical (unpaired) electrons. The van der Waals surface area contributed by atoms with E-state index in [9.17, 15) is 4.79 Å². The molecule has 0 saturated heterocycles. The van der Waals surface area contributed by atoms with Crippen molar-refractivity contribution in [3.05, 3.63) is 12.2 Å². The molecular weight excluding hydrogens is 142 g/mol. The molecular formula is C8H15NO2. The van der Waals surface area contributed by atoms with Gasteiger partial charge in [0, 0.05) is 5.57 Å². The smallest absolute Gasteiger partial charge is 0.333 e. The minimum atomic E-state index is -0.318. The summed E-state index contributed by atoms with van der Waals surface area (Å²) in [5.41, 5.74) is 5.81. The van der Waals surface area contributed by atoms with E-state index in [-0.39, 0.29) is 5.97 Å². The molecule has 3 heteroatoms. The molecule has 0 aromatic heterocycles. The molecule has 0 aliphatic carbocycles. The van der Waals surface area contributed by atoms with Gasteiger partial charge in [-0.25, -0.2) is 4.79 Å². The molecule has 0 saturated carbocycles. The lowest BCUT2D eigenvalue weighted by atomic mass is 10.1. The molecule has 0 rings (SSSR count). The molecule has 0 amide bonds. The van der Waals surface area contributed by atoms with E-state index in [1.165, 1.54) is 7.11 Å². The van der Waals surface area contributed by atoms with E-state index in [0.29, 0.717) is 18.5 Å². The van der Waals surface area contributed by atoms with Crippen molar-refractivity contribution in [1.82, 2.24) is 0 Å². The first-order valence-electron chi connectivity index (χ1n) is 3.68. The second kappa shape index (κ2) is 5.92. The summed E-state index contributed by atoms with van der Waals surface area (Å²) in [6.45, 7) is 4.24. The molecule has 0 aliphatic rings. The van der Waals surface area contributed by atoms with E-state index in [1.54, 1.807) is 0 Å². The molecule has 0 fully saturated rings. The van der Waals surface area contributed by atoms with E-state index in [4.69, 9.17) is 5.73 Å². The van der Waals surface area contributed by atoms with Gasteiger partial charge in [0.25, 0.3) is 0 Å². The molecule has 2 N–H and O–H groups in total. The number of unbranched alkanes of at least 4 members (excludes halogenated alkanes) is 1. The highest BCUT2D eigenvalue weighted by Gasteiger charge is 2.04. The highest BCUT2D eigenvalue weighted by atomic mass is 16.5. The van der Waals surface area contributed by atoms with Gasteiger partial charge in [-0.05, 0) is 25.8 Å². The van der Waals surface area contributed by atoms with Crippen LogP contribution in [-0.2, 0) is 9.53 Å². The first-order valence-corrected chi connectivity index (χ1v) is 3.68. The number of carbonyl (C=O) groups is 1. The zero-order chi connectivity index (χ0) is 8.69. The molecule has 0 unspecified atom stereocenters. The van der Waals surface area contributed by atoms with Crippen molar-refractivity contribution in [2.75, 3.05) is 13.7 Å². The van der Waals surface area contributed by atoms with Crippen molar-refractivity contribution >= 4 is 5.97 Å². The molecule has 64 valence electrons. The Morgan fingerprint density at radius 3 is 2.64 bits per heavy atom. The summed E-state index contributed by atoms with van der Waals surface area (Å²) in [6, 6.07) is 0. The molecule has 11 heavy (non-hydrogen) atoms. The lowest BCUT2D eigenvalue weighted by Gasteiger charge is -2.01. The number of methoxy groups -OCH3 is 1. The topological polar surface area (TPSA) is 52.3 Å². The Balaban J connectivity index is 3.44. The third-order valence-electron chi connectivity index (χ3n) is 1.41. The van der Waals surface area contributed by atoms with Gasteiger partial charge in [-0.2, -0.15) is 0 Å². The van der Waals surface area contributed by atoms with Crippen LogP contribution in [0.4, 0.5) is 0 Å². The maximum atomic E-state index is 10.8. The number of carbonyl (C=O) groups excluding carboxylic acids is 1. The van der Waals surface area contributed by atoms with Gasteiger partial charge in [-0.15, -0.1) is 0 Å². The molecule has 0 bridgehead atoms. The molecule has 0 spiro atoms. The van der Waals surface area contributed by atoms with Gasteiger partial charge in [0.15, 0.2) is 0 Å². The Kier molecular flexibility index (Phi) is 5.47. The fraction of sp³-hybridized carbons (Fsp3) is 0.625. The van der Waals surface area contributed by atoms with Crippen LogP contribution in [0.3, 0.4) is 0 Å². The van der Waals surface area contributed by atoms with Crippen LogP contribution in [-0.4, -0.2) is 19.6 Å². The van der Waals surface area contributed by atoms with Crippen LogP contribution in [0, 0.1) is 0 Å². The largest absolute Gasteiger partial charge is 0.466 e.